The molecule has 0 saturated heterocycles. The van der Waals surface area contributed by atoms with Gasteiger partial charge in [0.15, 0.2) is 5.78 Å². The highest BCUT2D eigenvalue weighted by molar-refractivity contribution is 6.53. The van der Waals surface area contributed by atoms with Crippen LogP contribution in [0.3, 0.4) is 0 Å². The van der Waals surface area contributed by atoms with Gasteiger partial charge in [-0.05, 0) is 73.7 Å². The van der Waals surface area contributed by atoms with Gasteiger partial charge < -0.3 is 10.1 Å². The molecule has 0 fully saturated rings. The Balaban J connectivity index is 1.47. The Morgan fingerprint density at radius 3 is 1.94 bits per heavy atom. The molecule has 0 unspecified atom stereocenters. The second-order valence-corrected chi connectivity index (χ2v) is 8.69. The van der Waals surface area contributed by atoms with Gasteiger partial charge in [-0.3, -0.25) is 14.4 Å². The van der Waals surface area contributed by atoms with E-state index in [1.54, 1.807) is 12.1 Å². The quantitative estimate of drug-likeness (QED) is 0.186. The molecule has 0 saturated carbocycles. The summed E-state index contributed by atoms with van der Waals surface area (Å²) in [5, 5.41) is 3.02. The number of ether oxygens (including phenoxy) is 1. The first kappa shape index (κ1) is 24.5. The number of benzene rings is 3. The highest BCUT2D eigenvalue weighted by Crippen LogP contribution is 2.33. The van der Waals surface area contributed by atoms with Crippen LogP contribution in [-0.2, 0) is 9.59 Å². The molecule has 10 heteroatoms. The third-order valence-electron chi connectivity index (χ3n) is 4.99. The molecule has 1 aliphatic rings. The number of carbonyl (C=O) groups is 4. The van der Waals surface area contributed by atoms with Crippen LogP contribution in [0.15, 0.2) is 77.5 Å². The van der Waals surface area contributed by atoms with Gasteiger partial charge in [0.1, 0.15) is 16.5 Å². The van der Waals surface area contributed by atoms with Crippen LogP contribution in [0.4, 0.5) is 11.4 Å². The first-order valence-corrected chi connectivity index (χ1v) is 11.2. The fourth-order valence-corrected chi connectivity index (χ4v) is 4.00. The highest BCUT2D eigenvalue weighted by atomic mass is 35.5. The maximum absolute atomic E-state index is 12.9. The van der Waals surface area contributed by atoms with Crippen molar-refractivity contribution in [3.8, 4) is 5.75 Å². The molecule has 3 aromatic rings. The van der Waals surface area contributed by atoms with Gasteiger partial charge in [-0.25, -0.2) is 9.69 Å². The molecule has 0 aromatic heterocycles. The summed E-state index contributed by atoms with van der Waals surface area (Å²) in [6.45, 7) is 1.44. The predicted molar refractivity (Wildman–Crippen MR) is 133 cm³/mol. The molecule has 0 spiro atoms. The Hall–Kier alpha value is -3.65. The molecule has 0 radical (unpaired) electrons. The number of esters is 1. The largest absolute Gasteiger partial charge is 0.423 e. The second kappa shape index (κ2) is 9.92. The number of ketones is 1. The number of Topliss-reactive ketones (excluding diaryl/α,β-unsaturated/α-hetero) is 1. The maximum atomic E-state index is 12.9. The molecule has 1 aliphatic heterocycles. The van der Waals surface area contributed by atoms with E-state index in [0.29, 0.717) is 11.3 Å². The average molecular weight is 530 g/mol. The van der Waals surface area contributed by atoms with Crippen LogP contribution in [0.2, 0.25) is 10.0 Å². The summed E-state index contributed by atoms with van der Waals surface area (Å²) in [5.41, 5.74) is 1.21. The lowest BCUT2D eigenvalue weighted by atomic mass is 10.1. The molecule has 3 aromatic carbocycles. The van der Waals surface area contributed by atoms with Gasteiger partial charge in [-0.15, -0.1) is 0 Å². The van der Waals surface area contributed by atoms with Gasteiger partial charge in [-0.2, -0.15) is 0 Å². The Morgan fingerprint density at radius 2 is 1.37 bits per heavy atom. The Labute approximate surface area is 214 Å². The van der Waals surface area contributed by atoms with E-state index in [9.17, 15) is 19.2 Å². The maximum Gasteiger partial charge on any atom is 0.343 e. The number of imide groups is 1. The lowest BCUT2D eigenvalue weighted by Gasteiger charge is -2.16. The molecular weight excluding hydrogens is 515 g/mol. The smallest absolute Gasteiger partial charge is 0.343 e. The van der Waals surface area contributed by atoms with E-state index in [1.165, 1.54) is 61.5 Å². The summed E-state index contributed by atoms with van der Waals surface area (Å²) in [5.74, 6) is -1.83. The van der Waals surface area contributed by atoms with Crippen molar-refractivity contribution < 1.29 is 23.9 Å². The van der Waals surface area contributed by atoms with Crippen LogP contribution in [0.25, 0.3) is 0 Å². The third kappa shape index (κ3) is 5.22. The number of anilines is 2. The zero-order chi connectivity index (χ0) is 25.3. The molecule has 35 heavy (non-hydrogen) atoms. The average Bonchev–Trinajstić information content (AvgIpc) is 3.02. The second-order valence-electron chi connectivity index (χ2n) is 7.43. The van der Waals surface area contributed by atoms with Crippen LogP contribution in [0, 0.1) is 0 Å². The molecule has 176 valence electrons. The van der Waals surface area contributed by atoms with Gasteiger partial charge in [0.05, 0.1) is 11.3 Å². The van der Waals surface area contributed by atoms with Crippen LogP contribution in [0.5, 0.6) is 5.75 Å². The predicted octanol–water partition coefficient (Wildman–Crippen LogP) is 5.85. The lowest BCUT2D eigenvalue weighted by Crippen LogP contribution is -2.32. The minimum absolute atomic E-state index is 0.0943. The normalized spacial score (nSPS) is 13.3. The van der Waals surface area contributed by atoms with Crippen LogP contribution < -0.4 is 15.0 Å². The van der Waals surface area contributed by atoms with Crippen molar-refractivity contribution in [3.63, 3.8) is 0 Å². The summed E-state index contributed by atoms with van der Waals surface area (Å²) >= 11 is 18.1. The number of hydrogen-bond donors (Lipinski definition) is 1. The van der Waals surface area contributed by atoms with E-state index in [-0.39, 0.29) is 43.6 Å². The topological polar surface area (TPSA) is 92.8 Å². The Kier molecular flexibility index (Phi) is 6.93. The number of carbonyl (C=O) groups excluding carboxylic acids is 4. The summed E-state index contributed by atoms with van der Waals surface area (Å²) < 4.78 is 5.31. The molecule has 0 bridgehead atoms. The zero-order valence-corrected chi connectivity index (χ0v) is 20.2. The number of nitrogens with one attached hydrogen (secondary N) is 1. The van der Waals surface area contributed by atoms with E-state index in [4.69, 9.17) is 39.5 Å². The number of rotatable bonds is 6. The fraction of sp³-hybridized carbons (Fsp3) is 0.0400. The molecule has 4 rings (SSSR count). The Morgan fingerprint density at radius 1 is 0.800 bits per heavy atom. The minimum Gasteiger partial charge on any atom is -0.423 e. The summed E-state index contributed by atoms with van der Waals surface area (Å²) in [4.78, 5) is 50.2. The number of amides is 2. The van der Waals surface area contributed by atoms with Crippen molar-refractivity contribution in [1.29, 1.82) is 0 Å². The minimum atomic E-state index is -0.728. The third-order valence-corrected chi connectivity index (χ3v) is 5.78. The molecule has 1 heterocycles. The zero-order valence-electron chi connectivity index (χ0n) is 18.0. The fourth-order valence-electron chi connectivity index (χ4n) is 3.27. The first-order chi connectivity index (χ1) is 16.6. The van der Waals surface area contributed by atoms with Gasteiger partial charge in [0.2, 0.25) is 0 Å². The molecular formula is C25H15Cl3N2O5. The van der Waals surface area contributed by atoms with E-state index in [1.807, 2.05) is 0 Å². The van der Waals surface area contributed by atoms with E-state index in [0.717, 1.165) is 4.90 Å². The van der Waals surface area contributed by atoms with Crippen molar-refractivity contribution in [1.82, 2.24) is 0 Å². The van der Waals surface area contributed by atoms with E-state index >= 15 is 0 Å². The van der Waals surface area contributed by atoms with E-state index < -0.39 is 17.8 Å². The SMILES string of the molecule is CC(=O)c1ccc(OC(=O)c2ccc(NC3=C(Cl)C(=O)N(c4cc(Cl)cc(Cl)c4)C3=O)cc2)cc1. The van der Waals surface area contributed by atoms with Crippen molar-refractivity contribution in [2.75, 3.05) is 10.2 Å². The van der Waals surface area contributed by atoms with Crippen LogP contribution >= 0.6 is 34.8 Å². The number of halogens is 3. The molecule has 1 N–H and O–H groups in total. The number of nitrogens with zero attached hydrogens (tertiary/aromatic N) is 1. The van der Waals surface area contributed by atoms with Crippen LogP contribution in [-0.4, -0.2) is 23.6 Å². The monoisotopic (exact) mass is 528 g/mol. The molecule has 0 aliphatic carbocycles. The highest BCUT2D eigenvalue weighted by Gasteiger charge is 2.39. The van der Waals surface area contributed by atoms with Gasteiger partial charge >= 0.3 is 5.97 Å². The van der Waals surface area contributed by atoms with Gasteiger partial charge in [-0.1, -0.05) is 34.8 Å². The van der Waals surface area contributed by atoms with Crippen molar-refractivity contribution in [2.24, 2.45) is 0 Å². The van der Waals surface area contributed by atoms with E-state index in [2.05, 4.69) is 5.32 Å². The lowest BCUT2D eigenvalue weighted by molar-refractivity contribution is -0.120. The first-order valence-electron chi connectivity index (χ1n) is 10.1. The van der Waals surface area contributed by atoms with Crippen molar-refractivity contribution in [3.05, 3.63) is 98.6 Å². The van der Waals surface area contributed by atoms with Crippen molar-refractivity contribution >= 4 is 69.7 Å². The van der Waals surface area contributed by atoms with Crippen LogP contribution in [0.1, 0.15) is 27.6 Å². The number of hydrogen-bond acceptors (Lipinski definition) is 6. The summed E-state index contributed by atoms with van der Waals surface area (Å²) in [6, 6.07) is 16.5. The van der Waals surface area contributed by atoms with Crippen molar-refractivity contribution in [2.45, 2.75) is 6.92 Å². The van der Waals surface area contributed by atoms with Gasteiger partial charge in [0.25, 0.3) is 11.8 Å². The summed E-state index contributed by atoms with van der Waals surface area (Å²) in [7, 11) is 0. The molecule has 0 atom stereocenters. The summed E-state index contributed by atoms with van der Waals surface area (Å²) in [6.07, 6.45) is 0. The molecule has 7 nitrogen and oxygen atoms in total. The standard InChI is InChI=1S/C25H15Cl3N2O5/c1-13(31)14-4-8-20(9-5-14)35-25(34)15-2-6-18(7-3-15)29-22-21(28)23(32)30(24(22)33)19-11-16(26)10-17(27)12-19/h2-12,29H,1H3. The Bertz CT molecular complexity index is 1380. The van der Waals surface area contributed by atoms with Gasteiger partial charge in [0, 0.05) is 21.3 Å². The molecule has 2 amide bonds.